The number of carbonyl (C=O) groups excluding carboxylic acids is 2. The standard InChI is InChI=1S/C27H26BrFN2O8S/c1-30(15-24(32)39-4)26(33)25-27(34,18-7-5-6-8-20(18)29)19-13-16(28)9-11-21(19)31(25)40(35,36)17-10-12-22(37-2)23(14-17)38-3/h5-14,25,34H,15H2,1-4H3. The molecule has 0 spiro atoms. The number of sulfonamides is 1. The highest BCUT2D eigenvalue weighted by molar-refractivity contribution is 9.10. The second-order valence-corrected chi connectivity index (χ2v) is 11.6. The summed E-state index contributed by atoms with van der Waals surface area (Å²) in [6.07, 6.45) is 0. The summed E-state index contributed by atoms with van der Waals surface area (Å²) in [5.74, 6) is -2.26. The molecule has 40 heavy (non-hydrogen) atoms. The summed E-state index contributed by atoms with van der Waals surface area (Å²) < 4.78 is 60.3. The lowest BCUT2D eigenvalue weighted by atomic mass is 9.82. The van der Waals surface area contributed by atoms with Crippen molar-refractivity contribution >= 4 is 43.5 Å². The van der Waals surface area contributed by atoms with Gasteiger partial charge in [0.15, 0.2) is 17.5 Å². The number of carbonyl (C=O) groups is 2. The third-order valence-electron chi connectivity index (χ3n) is 6.64. The molecule has 2 atom stereocenters. The number of fused-ring (bicyclic) bond motifs is 1. The minimum absolute atomic E-state index is 0.0409. The van der Waals surface area contributed by atoms with E-state index < -0.39 is 45.9 Å². The third-order valence-corrected chi connectivity index (χ3v) is 8.91. The van der Waals surface area contributed by atoms with Crippen molar-refractivity contribution in [1.82, 2.24) is 4.90 Å². The summed E-state index contributed by atoms with van der Waals surface area (Å²) in [6.45, 7) is -0.552. The first-order valence-electron chi connectivity index (χ1n) is 11.8. The number of anilines is 1. The number of amides is 1. The van der Waals surface area contributed by atoms with Crippen LogP contribution in [0.4, 0.5) is 10.1 Å². The van der Waals surface area contributed by atoms with Crippen molar-refractivity contribution in [2.75, 3.05) is 39.2 Å². The second-order valence-electron chi connectivity index (χ2n) is 8.90. The maximum atomic E-state index is 15.3. The molecule has 1 aliphatic rings. The van der Waals surface area contributed by atoms with E-state index >= 15 is 4.39 Å². The van der Waals surface area contributed by atoms with Crippen LogP contribution in [0.3, 0.4) is 0 Å². The normalized spacial score (nSPS) is 18.2. The predicted molar refractivity (Wildman–Crippen MR) is 146 cm³/mol. The van der Waals surface area contributed by atoms with E-state index in [9.17, 15) is 23.1 Å². The Kier molecular flexibility index (Phi) is 8.11. The Balaban J connectivity index is 2.03. The molecule has 0 saturated carbocycles. The highest BCUT2D eigenvalue weighted by Crippen LogP contribution is 2.52. The van der Waals surface area contributed by atoms with Gasteiger partial charge in [-0.1, -0.05) is 34.1 Å². The zero-order valence-corrected chi connectivity index (χ0v) is 24.3. The van der Waals surface area contributed by atoms with E-state index in [0.29, 0.717) is 4.47 Å². The number of rotatable bonds is 8. The first kappa shape index (κ1) is 29.3. The quantitative estimate of drug-likeness (QED) is 0.374. The van der Waals surface area contributed by atoms with E-state index in [2.05, 4.69) is 20.7 Å². The number of hydrogen-bond acceptors (Lipinski definition) is 8. The lowest BCUT2D eigenvalue weighted by Gasteiger charge is -2.36. The van der Waals surface area contributed by atoms with Crippen molar-refractivity contribution < 1.29 is 41.7 Å². The van der Waals surface area contributed by atoms with Gasteiger partial charge < -0.3 is 24.2 Å². The second kappa shape index (κ2) is 11.1. The summed E-state index contributed by atoms with van der Waals surface area (Å²) in [7, 11) is 0.468. The molecular formula is C27H26BrFN2O8S. The van der Waals surface area contributed by atoms with E-state index in [1.807, 2.05) is 0 Å². The molecule has 0 fully saturated rings. The Morgan fingerprint density at radius 1 is 1.02 bits per heavy atom. The van der Waals surface area contributed by atoms with Crippen molar-refractivity contribution in [3.63, 3.8) is 0 Å². The Bertz CT molecular complexity index is 1580. The molecule has 2 unspecified atom stereocenters. The van der Waals surface area contributed by atoms with Crippen LogP contribution in [0.25, 0.3) is 0 Å². The molecule has 1 N–H and O–H groups in total. The SMILES string of the molecule is COC(=O)CN(C)C(=O)C1N(S(=O)(=O)c2ccc(OC)c(OC)c2)c2ccc(Br)cc2C1(O)c1ccccc1F. The number of nitrogens with zero attached hydrogens (tertiary/aromatic N) is 2. The van der Waals surface area contributed by atoms with E-state index in [1.165, 1.54) is 75.9 Å². The molecule has 13 heteroatoms. The first-order chi connectivity index (χ1) is 18.9. The predicted octanol–water partition coefficient (Wildman–Crippen LogP) is 3.05. The van der Waals surface area contributed by atoms with E-state index in [-0.39, 0.29) is 33.2 Å². The molecule has 1 amide bonds. The van der Waals surface area contributed by atoms with Gasteiger partial charge in [-0.2, -0.15) is 0 Å². The Hall–Kier alpha value is -3.68. The summed E-state index contributed by atoms with van der Waals surface area (Å²) >= 11 is 3.33. The molecule has 1 heterocycles. The van der Waals surface area contributed by atoms with Crippen LogP contribution in [0.2, 0.25) is 0 Å². The number of halogens is 2. The molecule has 3 aromatic carbocycles. The Morgan fingerprint density at radius 3 is 2.33 bits per heavy atom. The van der Waals surface area contributed by atoms with Crippen LogP contribution in [0.1, 0.15) is 11.1 Å². The highest BCUT2D eigenvalue weighted by Gasteiger charge is 2.60. The number of aliphatic hydroxyl groups is 1. The largest absolute Gasteiger partial charge is 0.493 e. The van der Waals surface area contributed by atoms with Crippen LogP contribution < -0.4 is 13.8 Å². The average Bonchev–Trinajstić information content (AvgIpc) is 3.21. The van der Waals surface area contributed by atoms with Crippen LogP contribution in [-0.2, 0) is 30.0 Å². The van der Waals surface area contributed by atoms with E-state index in [1.54, 1.807) is 0 Å². The number of methoxy groups -OCH3 is 3. The van der Waals surface area contributed by atoms with Gasteiger partial charge in [0, 0.05) is 28.7 Å². The monoisotopic (exact) mass is 636 g/mol. The Labute approximate surface area is 239 Å². The fourth-order valence-corrected chi connectivity index (χ4v) is 6.73. The van der Waals surface area contributed by atoms with E-state index in [0.717, 1.165) is 22.4 Å². The lowest BCUT2D eigenvalue weighted by Crippen LogP contribution is -2.57. The molecule has 0 bridgehead atoms. The van der Waals surface area contributed by atoms with Crippen molar-refractivity contribution in [3.8, 4) is 11.5 Å². The van der Waals surface area contributed by atoms with Crippen molar-refractivity contribution in [1.29, 1.82) is 0 Å². The van der Waals surface area contributed by atoms with Crippen molar-refractivity contribution in [2.45, 2.75) is 16.5 Å². The maximum absolute atomic E-state index is 15.3. The lowest BCUT2D eigenvalue weighted by molar-refractivity contribution is -0.148. The summed E-state index contributed by atoms with van der Waals surface area (Å²) in [5, 5.41) is 12.4. The maximum Gasteiger partial charge on any atom is 0.325 e. The molecule has 212 valence electrons. The zero-order chi connectivity index (χ0) is 29.4. The average molecular weight is 637 g/mol. The van der Waals surface area contributed by atoms with Gasteiger partial charge in [-0.25, -0.2) is 17.1 Å². The van der Waals surface area contributed by atoms with Gasteiger partial charge in [-0.15, -0.1) is 0 Å². The number of likely N-dealkylation sites (N-methyl/N-ethyl adjacent to an activating group) is 1. The summed E-state index contributed by atoms with van der Waals surface area (Å²) in [6, 6.07) is 11.5. The molecule has 10 nitrogen and oxygen atoms in total. The van der Waals surface area contributed by atoms with Crippen LogP contribution in [0, 0.1) is 5.82 Å². The van der Waals surface area contributed by atoms with Crippen molar-refractivity contribution in [3.05, 3.63) is 82.1 Å². The number of benzene rings is 3. The van der Waals surface area contributed by atoms with Gasteiger partial charge >= 0.3 is 5.97 Å². The van der Waals surface area contributed by atoms with Crippen LogP contribution in [-0.4, -0.2) is 71.3 Å². The van der Waals surface area contributed by atoms with Gasteiger partial charge in [-0.05, 0) is 36.4 Å². The smallest absolute Gasteiger partial charge is 0.325 e. The van der Waals surface area contributed by atoms with Crippen molar-refractivity contribution in [2.24, 2.45) is 0 Å². The zero-order valence-electron chi connectivity index (χ0n) is 21.9. The van der Waals surface area contributed by atoms with Crippen LogP contribution in [0.15, 0.2) is 70.0 Å². The summed E-state index contributed by atoms with van der Waals surface area (Å²) in [4.78, 5) is 26.7. The molecule has 4 rings (SSSR count). The molecule has 1 aliphatic heterocycles. The van der Waals surface area contributed by atoms with Crippen LogP contribution in [0.5, 0.6) is 11.5 Å². The molecule has 3 aromatic rings. The summed E-state index contributed by atoms with van der Waals surface area (Å²) in [5.41, 5.74) is -2.94. The number of esters is 1. The Morgan fingerprint density at radius 2 is 1.70 bits per heavy atom. The van der Waals surface area contributed by atoms with Gasteiger partial charge in [0.2, 0.25) is 0 Å². The van der Waals surface area contributed by atoms with Gasteiger partial charge in [0.25, 0.3) is 15.9 Å². The number of ether oxygens (including phenoxy) is 3. The third kappa shape index (κ3) is 4.78. The van der Waals surface area contributed by atoms with Crippen LogP contribution >= 0.6 is 15.9 Å². The first-order valence-corrected chi connectivity index (χ1v) is 14.0. The molecular weight excluding hydrogens is 611 g/mol. The molecule has 0 saturated heterocycles. The molecule has 0 radical (unpaired) electrons. The van der Waals surface area contributed by atoms with Gasteiger partial charge in [-0.3, -0.25) is 9.59 Å². The topological polar surface area (TPSA) is 123 Å². The minimum atomic E-state index is -4.64. The van der Waals surface area contributed by atoms with E-state index in [4.69, 9.17) is 9.47 Å². The number of hydrogen-bond donors (Lipinski definition) is 1. The molecule has 0 aliphatic carbocycles. The fourth-order valence-electron chi connectivity index (χ4n) is 4.71. The molecule has 0 aromatic heterocycles. The van der Waals surface area contributed by atoms with Gasteiger partial charge in [0.05, 0.1) is 31.9 Å². The minimum Gasteiger partial charge on any atom is -0.493 e. The van der Waals surface area contributed by atoms with Gasteiger partial charge in [0.1, 0.15) is 18.0 Å². The fraction of sp³-hybridized carbons (Fsp3) is 0.259. The highest BCUT2D eigenvalue weighted by atomic mass is 79.9.